The second-order valence-electron chi connectivity index (χ2n) is 17.1. The second kappa shape index (κ2) is 16.3. The molecule has 2 aromatic rings. The zero-order valence-electron chi connectivity index (χ0n) is 30.6. The minimum Gasteiger partial charge on any atom is -0.393 e. The van der Waals surface area contributed by atoms with E-state index in [0.29, 0.717) is 41.9 Å². The van der Waals surface area contributed by atoms with Gasteiger partial charge in [0.15, 0.2) is 0 Å². The molecule has 0 spiro atoms. The molecule has 0 aliphatic heterocycles. The van der Waals surface area contributed by atoms with Crippen molar-refractivity contribution in [3.8, 4) is 0 Å². The van der Waals surface area contributed by atoms with Crippen LogP contribution < -0.4 is 5.32 Å². The molecule has 49 heavy (non-hydrogen) atoms. The van der Waals surface area contributed by atoms with Crippen molar-refractivity contribution in [2.24, 2.45) is 46.3 Å². The lowest BCUT2D eigenvalue weighted by Crippen LogP contribution is -2.58. The lowest BCUT2D eigenvalue weighted by atomic mass is 9.43. The van der Waals surface area contributed by atoms with Crippen molar-refractivity contribution in [1.82, 2.24) is 20.2 Å². The monoisotopic (exact) mass is 672 g/mol. The van der Waals surface area contributed by atoms with E-state index in [4.69, 9.17) is 0 Å². The number of pyridine rings is 2. The first-order valence-electron chi connectivity index (χ1n) is 19.8. The number of fused-ring (bicyclic) bond motifs is 5. The van der Waals surface area contributed by atoms with Gasteiger partial charge in [-0.05, 0) is 148 Å². The van der Waals surface area contributed by atoms with E-state index in [1.54, 1.807) is 0 Å². The van der Waals surface area contributed by atoms with Crippen LogP contribution in [-0.2, 0) is 17.9 Å². The maximum atomic E-state index is 12.9. The van der Waals surface area contributed by atoms with E-state index in [1.807, 2.05) is 36.7 Å². The Morgan fingerprint density at radius 1 is 0.878 bits per heavy atom. The predicted molar refractivity (Wildman–Crippen MR) is 195 cm³/mol. The molecular formula is C42H64N4O3. The molecule has 0 saturated heterocycles. The van der Waals surface area contributed by atoms with Gasteiger partial charge in [0.05, 0.1) is 23.6 Å². The molecule has 0 aromatic carbocycles. The predicted octanol–water partition coefficient (Wildman–Crippen LogP) is 7.56. The van der Waals surface area contributed by atoms with Crippen LogP contribution in [0.2, 0.25) is 0 Å². The molecule has 0 unspecified atom stereocenters. The van der Waals surface area contributed by atoms with Crippen molar-refractivity contribution < 1.29 is 15.0 Å². The van der Waals surface area contributed by atoms with Crippen LogP contribution in [0, 0.1) is 46.3 Å². The van der Waals surface area contributed by atoms with Gasteiger partial charge in [0.25, 0.3) is 0 Å². The van der Waals surface area contributed by atoms with Gasteiger partial charge in [-0.15, -0.1) is 0 Å². The Hall–Kier alpha value is -2.35. The number of nitrogens with zero attached hydrogens (tertiary/aromatic N) is 3. The topological polar surface area (TPSA) is 98.6 Å². The fourth-order valence-corrected chi connectivity index (χ4v) is 11.5. The maximum Gasteiger partial charge on any atom is 0.220 e. The second-order valence-corrected chi connectivity index (χ2v) is 17.1. The van der Waals surface area contributed by atoms with Crippen molar-refractivity contribution in [3.05, 3.63) is 60.2 Å². The van der Waals surface area contributed by atoms with E-state index in [-0.39, 0.29) is 28.9 Å². The smallest absolute Gasteiger partial charge is 0.220 e. The molecule has 4 aliphatic carbocycles. The molecule has 3 N–H and O–H groups in total. The van der Waals surface area contributed by atoms with Crippen molar-refractivity contribution in [2.45, 2.75) is 136 Å². The fourth-order valence-electron chi connectivity index (χ4n) is 11.5. The summed E-state index contributed by atoms with van der Waals surface area (Å²) in [6.45, 7) is 10.8. The Morgan fingerprint density at radius 3 is 2.24 bits per heavy atom. The molecule has 4 saturated carbocycles. The number of carbonyl (C=O) groups excluding carboxylic acids is 1. The molecule has 6 rings (SSSR count). The van der Waals surface area contributed by atoms with E-state index < -0.39 is 0 Å². The number of hydrogen-bond acceptors (Lipinski definition) is 6. The molecular weight excluding hydrogens is 608 g/mol. The van der Waals surface area contributed by atoms with Gasteiger partial charge < -0.3 is 15.5 Å². The molecule has 2 heterocycles. The number of hydrogen-bond donors (Lipinski definition) is 3. The zero-order chi connectivity index (χ0) is 34.4. The number of nitrogens with one attached hydrogen (secondary N) is 1. The van der Waals surface area contributed by atoms with Crippen LogP contribution in [0.5, 0.6) is 0 Å². The average Bonchev–Trinajstić information content (AvgIpc) is 3.45. The Kier molecular flexibility index (Phi) is 12.1. The van der Waals surface area contributed by atoms with Crippen molar-refractivity contribution in [3.63, 3.8) is 0 Å². The highest BCUT2D eigenvalue weighted by Crippen LogP contribution is 2.68. The number of unbranched alkanes of at least 4 members (excludes halogenated alkanes) is 3. The van der Waals surface area contributed by atoms with E-state index in [1.165, 1.54) is 25.7 Å². The summed E-state index contributed by atoms with van der Waals surface area (Å²) in [5, 5.41) is 25.2. The fraction of sp³-hybridized carbons (Fsp3) is 0.738. The van der Waals surface area contributed by atoms with E-state index in [2.05, 4.69) is 53.1 Å². The van der Waals surface area contributed by atoms with Gasteiger partial charge in [0, 0.05) is 38.4 Å². The molecule has 0 bridgehead atoms. The molecule has 7 nitrogen and oxygen atoms in total. The van der Waals surface area contributed by atoms with Crippen molar-refractivity contribution in [2.75, 3.05) is 13.1 Å². The third-order valence-corrected chi connectivity index (χ3v) is 14.2. The van der Waals surface area contributed by atoms with Crippen molar-refractivity contribution >= 4 is 5.91 Å². The van der Waals surface area contributed by atoms with Gasteiger partial charge in [0.1, 0.15) is 0 Å². The number of aliphatic hydroxyl groups is 2. The summed E-state index contributed by atoms with van der Waals surface area (Å²) in [7, 11) is 0. The number of rotatable bonds is 15. The summed E-state index contributed by atoms with van der Waals surface area (Å²) in [6.07, 6.45) is 18.0. The van der Waals surface area contributed by atoms with Gasteiger partial charge in [0.2, 0.25) is 5.91 Å². The first-order chi connectivity index (χ1) is 23.7. The van der Waals surface area contributed by atoms with Crippen molar-refractivity contribution in [1.29, 1.82) is 0 Å². The van der Waals surface area contributed by atoms with Gasteiger partial charge in [-0.3, -0.25) is 19.7 Å². The van der Waals surface area contributed by atoms with Crippen LogP contribution >= 0.6 is 0 Å². The third kappa shape index (κ3) is 8.42. The molecule has 4 fully saturated rings. The van der Waals surface area contributed by atoms with Crippen LogP contribution in [0.1, 0.15) is 122 Å². The molecule has 7 heteroatoms. The lowest BCUT2D eigenvalue weighted by molar-refractivity contribution is -0.174. The number of amides is 1. The van der Waals surface area contributed by atoms with E-state index in [9.17, 15) is 15.0 Å². The molecule has 4 aliphatic rings. The van der Waals surface area contributed by atoms with Crippen LogP contribution in [0.3, 0.4) is 0 Å². The zero-order valence-corrected chi connectivity index (χ0v) is 30.6. The summed E-state index contributed by atoms with van der Waals surface area (Å²) >= 11 is 0. The van der Waals surface area contributed by atoms with Crippen LogP contribution in [0.25, 0.3) is 0 Å². The molecule has 10 atom stereocenters. The third-order valence-electron chi connectivity index (χ3n) is 14.2. The highest BCUT2D eigenvalue weighted by molar-refractivity contribution is 5.75. The van der Waals surface area contributed by atoms with Gasteiger partial charge in [-0.2, -0.15) is 0 Å². The number of aliphatic hydroxyl groups excluding tert-OH is 2. The summed E-state index contributed by atoms with van der Waals surface area (Å²) in [4.78, 5) is 24.4. The first-order valence-corrected chi connectivity index (χ1v) is 19.8. The highest BCUT2D eigenvalue weighted by Gasteiger charge is 2.62. The summed E-state index contributed by atoms with van der Waals surface area (Å²) in [5.74, 6) is 3.39. The standard InChI is InChI=1S/C42H64N4O3/c1-30(35-15-16-36-40-37(19-21-42(35,36)3)41(2)20-18-34(47)26-31(41)27-38(40)48)14-17-39(49)45-24-8-4-5-11-25-46(28-32-12-6-9-22-43-32)29-33-13-7-10-23-44-33/h6-7,9-10,12-13,22-23,30-31,34-38,40,47-48H,4-5,8,11,14-21,24-29H2,1-3H3,(H,45,49)/t30-,31+,34-,35-,36+,37+,38+,40+,41+,42-/m1/s1. The first kappa shape index (κ1) is 36.4. The SMILES string of the molecule is C[C@H](CCC(=O)NCCCCCCN(Cc1ccccn1)Cc1ccccn1)[C@H]1CC[C@H]2[C@@H]3[C@@H](O)C[C@@H]4C[C@H](O)CC[C@]4(C)[C@H]3CC[C@]12C. The number of carbonyl (C=O) groups is 1. The molecule has 270 valence electrons. The summed E-state index contributed by atoms with van der Waals surface area (Å²) in [5.41, 5.74) is 2.70. The summed E-state index contributed by atoms with van der Waals surface area (Å²) < 4.78 is 0. The molecule has 1 amide bonds. The Bertz CT molecular complexity index is 1290. The number of aromatic nitrogens is 2. The largest absolute Gasteiger partial charge is 0.393 e. The minimum atomic E-state index is -0.227. The molecule has 0 radical (unpaired) electrons. The van der Waals surface area contributed by atoms with Crippen LogP contribution in [0.15, 0.2) is 48.8 Å². The van der Waals surface area contributed by atoms with E-state index in [0.717, 1.165) is 95.4 Å². The maximum absolute atomic E-state index is 12.9. The highest BCUT2D eigenvalue weighted by atomic mass is 16.3. The van der Waals surface area contributed by atoms with Gasteiger partial charge in [-0.25, -0.2) is 0 Å². The lowest BCUT2D eigenvalue weighted by Gasteiger charge is -2.62. The van der Waals surface area contributed by atoms with Gasteiger partial charge in [-0.1, -0.05) is 45.7 Å². The van der Waals surface area contributed by atoms with Crippen LogP contribution in [0.4, 0.5) is 0 Å². The Morgan fingerprint density at radius 2 is 1.55 bits per heavy atom. The quantitative estimate of drug-likeness (QED) is 0.169. The minimum absolute atomic E-state index is 0.182. The van der Waals surface area contributed by atoms with Gasteiger partial charge >= 0.3 is 0 Å². The Balaban J connectivity index is 0.896. The molecule has 2 aromatic heterocycles. The normalized spacial score (nSPS) is 34.5. The van der Waals surface area contributed by atoms with E-state index >= 15 is 0 Å². The Labute approximate surface area is 296 Å². The summed E-state index contributed by atoms with van der Waals surface area (Å²) in [6, 6.07) is 12.2. The van der Waals surface area contributed by atoms with Crippen LogP contribution in [-0.4, -0.2) is 56.3 Å². The average molecular weight is 673 g/mol.